The molecule has 122 valence electrons. The van der Waals surface area contributed by atoms with Crippen LogP contribution >= 0.6 is 0 Å². The molecule has 6 heteroatoms. The van der Waals surface area contributed by atoms with E-state index in [9.17, 15) is 8.42 Å². The molecule has 0 aliphatic carbocycles. The highest BCUT2D eigenvalue weighted by Crippen LogP contribution is 2.26. The van der Waals surface area contributed by atoms with Crippen LogP contribution in [0.25, 0.3) is 0 Å². The van der Waals surface area contributed by atoms with Gasteiger partial charge in [0.05, 0.1) is 4.90 Å². The number of hydrogen-bond acceptors (Lipinski definition) is 4. The third kappa shape index (κ3) is 3.35. The predicted molar refractivity (Wildman–Crippen MR) is 87.2 cm³/mol. The Balaban J connectivity index is 1.60. The molecule has 2 aliphatic rings. The van der Waals surface area contributed by atoms with Gasteiger partial charge >= 0.3 is 0 Å². The molecule has 0 bridgehead atoms. The molecule has 0 radical (unpaired) electrons. The van der Waals surface area contributed by atoms with Gasteiger partial charge in [0.1, 0.15) is 0 Å². The smallest absolute Gasteiger partial charge is 0.243 e. The van der Waals surface area contributed by atoms with Crippen molar-refractivity contribution < 1.29 is 8.42 Å². The van der Waals surface area contributed by atoms with Gasteiger partial charge in [-0.25, -0.2) is 8.42 Å². The first-order valence-electron chi connectivity index (χ1n) is 7.98. The van der Waals surface area contributed by atoms with E-state index in [1.807, 2.05) is 6.07 Å². The lowest BCUT2D eigenvalue weighted by Crippen LogP contribution is -2.51. The summed E-state index contributed by atoms with van der Waals surface area (Å²) < 4.78 is 26.8. The molecule has 0 amide bonds. The predicted octanol–water partition coefficient (Wildman–Crippen LogP) is 0.992. The van der Waals surface area contributed by atoms with Crippen molar-refractivity contribution in [3.05, 3.63) is 30.3 Å². The minimum absolute atomic E-state index is 0.334. The normalized spacial score (nSPS) is 28.0. The van der Waals surface area contributed by atoms with Gasteiger partial charge in [0, 0.05) is 39.3 Å². The lowest BCUT2D eigenvalue weighted by molar-refractivity contribution is 0.132. The summed E-state index contributed by atoms with van der Waals surface area (Å²) in [6.45, 7) is 8.35. The molecule has 1 unspecified atom stereocenters. The van der Waals surface area contributed by atoms with Crippen molar-refractivity contribution >= 4 is 10.0 Å². The van der Waals surface area contributed by atoms with Crippen molar-refractivity contribution in [3.63, 3.8) is 0 Å². The summed E-state index contributed by atoms with van der Waals surface area (Å²) in [7, 11) is -3.33. The fourth-order valence-corrected chi connectivity index (χ4v) is 4.86. The van der Waals surface area contributed by atoms with Crippen molar-refractivity contribution in [3.8, 4) is 0 Å². The second kappa shape index (κ2) is 6.28. The fraction of sp³-hybridized carbons (Fsp3) is 0.625. The molecule has 5 nitrogen and oxygen atoms in total. The van der Waals surface area contributed by atoms with E-state index in [0.717, 1.165) is 32.7 Å². The monoisotopic (exact) mass is 323 g/mol. The van der Waals surface area contributed by atoms with Gasteiger partial charge in [-0.1, -0.05) is 25.1 Å². The first-order valence-corrected chi connectivity index (χ1v) is 9.42. The number of rotatable bonds is 4. The SMILES string of the molecule is CC1(CN2CCN(S(=O)(=O)c3ccccc3)CC2)CCNC1. The zero-order valence-electron chi connectivity index (χ0n) is 13.2. The van der Waals surface area contributed by atoms with E-state index in [2.05, 4.69) is 17.1 Å². The number of nitrogens with zero attached hydrogens (tertiary/aromatic N) is 2. The van der Waals surface area contributed by atoms with Crippen LogP contribution in [-0.4, -0.2) is 63.4 Å². The molecule has 2 fully saturated rings. The van der Waals surface area contributed by atoms with Crippen molar-refractivity contribution in [2.24, 2.45) is 5.41 Å². The molecule has 1 aromatic carbocycles. The largest absolute Gasteiger partial charge is 0.316 e. The molecular weight excluding hydrogens is 298 g/mol. The molecular formula is C16H25N3O2S. The van der Waals surface area contributed by atoms with E-state index in [0.29, 0.717) is 23.4 Å². The van der Waals surface area contributed by atoms with Crippen LogP contribution in [0, 0.1) is 5.41 Å². The number of benzene rings is 1. The number of piperazine rings is 1. The van der Waals surface area contributed by atoms with Crippen LogP contribution in [0.3, 0.4) is 0 Å². The average molecular weight is 323 g/mol. The van der Waals surface area contributed by atoms with Crippen molar-refractivity contribution in [1.29, 1.82) is 0 Å². The molecule has 2 saturated heterocycles. The zero-order valence-corrected chi connectivity index (χ0v) is 14.0. The lowest BCUT2D eigenvalue weighted by Gasteiger charge is -2.38. The second-order valence-corrected chi connectivity index (χ2v) is 8.67. The van der Waals surface area contributed by atoms with Gasteiger partial charge in [-0.05, 0) is 30.5 Å². The third-order valence-corrected chi connectivity index (χ3v) is 6.69. The summed E-state index contributed by atoms with van der Waals surface area (Å²) in [5.74, 6) is 0. The van der Waals surface area contributed by atoms with E-state index in [1.54, 1.807) is 28.6 Å². The van der Waals surface area contributed by atoms with E-state index < -0.39 is 10.0 Å². The standard InChI is InChI=1S/C16H25N3O2S/c1-16(7-8-17-13-16)14-18-9-11-19(12-10-18)22(20,21)15-5-3-2-4-6-15/h2-6,17H,7-14H2,1H3. The molecule has 1 atom stereocenters. The van der Waals surface area contributed by atoms with Crippen molar-refractivity contribution in [1.82, 2.24) is 14.5 Å². The number of sulfonamides is 1. The van der Waals surface area contributed by atoms with Crippen molar-refractivity contribution in [2.75, 3.05) is 45.8 Å². The highest BCUT2D eigenvalue weighted by Gasteiger charge is 2.34. The lowest BCUT2D eigenvalue weighted by atomic mass is 9.89. The van der Waals surface area contributed by atoms with Crippen molar-refractivity contribution in [2.45, 2.75) is 18.2 Å². The van der Waals surface area contributed by atoms with Crippen LogP contribution in [-0.2, 0) is 10.0 Å². The number of nitrogens with one attached hydrogen (secondary N) is 1. The summed E-state index contributed by atoms with van der Waals surface area (Å²) in [6.07, 6.45) is 1.20. The second-order valence-electron chi connectivity index (χ2n) is 6.73. The van der Waals surface area contributed by atoms with E-state index in [1.165, 1.54) is 6.42 Å². The molecule has 1 N–H and O–H groups in total. The summed E-state index contributed by atoms with van der Waals surface area (Å²) in [6, 6.07) is 8.74. The zero-order chi connectivity index (χ0) is 15.6. The minimum Gasteiger partial charge on any atom is -0.316 e. The Hall–Kier alpha value is -0.950. The maximum atomic E-state index is 12.6. The van der Waals surface area contributed by atoms with Crippen LogP contribution in [0.1, 0.15) is 13.3 Å². The molecule has 2 aliphatic heterocycles. The third-order valence-electron chi connectivity index (χ3n) is 4.77. The maximum Gasteiger partial charge on any atom is 0.243 e. The topological polar surface area (TPSA) is 52.7 Å². The van der Waals surface area contributed by atoms with Gasteiger partial charge in [0.2, 0.25) is 10.0 Å². The van der Waals surface area contributed by atoms with Gasteiger partial charge in [-0.15, -0.1) is 0 Å². The van der Waals surface area contributed by atoms with Crippen LogP contribution in [0.2, 0.25) is 0 Å². The Morgan fingerprint density at radius 2 is 1.82 bits per heavy atom. The Morgan fingerprint density at radius 3 is 2.41 bits per heavy atom. The van der Waals surface area contributed by atoms with Crippen LogP contribution < -0.4 is 5.32 Å². The Morgan fingerprint density at radius 1 is 1.14 bits per heavy atom. The van der Waals surface area contributed by atoms with E-state index >= 15 is 0 Å². The molecule has 0 spiro atoms. The van der Waals surface area contributed by atoms with Gasteiger partial charge in [-0.2, -0.15) is 4.31 Å². The quantitative estimate of drug-likeness (QED) is 0.898. The number of hydrogen-bond donors (Lipinski definition) is 1. The van der Waals surface area contributed by atoms with Crippen LogP contribution in [0.15, 0.2) is 35.2 Å². The Bertz CT molecular complexity index is 589. The first kappa shape index (κ1) is 15.9. The molecule has 3 rings (SSSR count). The maximum absolute atomic E-state index is 12.6. The molecule has 2 heterocycles. The highest BCUT2D eigenvalue weighted by atomic mass is 32.2. The molecule has 22 heavy (non-hydrogen) atoms. The molecule has 0 saturated carbocycles. The first-order chi connectivity index (χ1) is 10.5. The Kier molecular flexibility index (Phi) is 4.54. The molecule has 0 aromatic heterocycles. The summed E-state index contributed by atoms with van der Waals surface area (Å²) >= 11 is 0. The molecule has 1 aromatic rings. The fourth-order valence-electron chi connectivity index (χ4n) is 3.41. The van der Waals surface area contributed by atoms with Gasteiger partial charge < -0.3 is 10.2 Å². The summed E-state index contributed by atoms with van der Waals surface area (Å²) in [5.41, 5.74) is 0.334. The van der Waals surface area contributed by atoms with Crippen LogP contribution in [0.4, 0.5) is 0 Å². The minimum atomic E-state index is -3.33. The van der Waals surface area contributed by atoms with E-state index in [-0.39, 0.29) is 0 Å². The van der Waals surface area contributed by atoms with Gasteiger partial charge in [-0.3, -0.25) is 0 Å². The van der Waals surface area contributed by atoms with Gasteiger partial charge in [0.15, 0.2) is 0 Å². The average Bonchev–Trinajstić information content (AvgIpc) is 2.95. The van der Waals surface area contributed by atoms with Gasteiger partial charge in [0.25, 0.3) is 0 Å². The van der Waals surface area contributed by atoms with E-state index in [4.69, 9.17) is 0 Å². The van der Waals surface area contributed by atoms with Crippen LogP contribution in [0.5, 0.6) is 0 Å². The Labute approximate surface area is 133 Å². The summed E-state index contributed by atoms with van der Waals surface area (Å²) in [4.78, 5) is 2.81. The highest BCUT2D eigenvalue weighted by molar-refractivity contribution is 7.89. The summed E-state index contributed by atoms with van der Waals surface area (Å²) in [5, 5.41) is 3.42.